The molecule has 0 fully saturated rings. The van der Waals surface area contributed by atoms with Gasteiger partial charge in [-0.2, -0.15) is 0 Å². The van der Waals surface area contributed by atoms with Crippen LogP contribution in [-0.2, 0) is 0 Å². The van der Waals surface area contributed by atoms with Crippen LogP contribution in [0.5, 0.6) is 5.75 Å². The van der Waals surface area contributed by atoms with E-state index in [4.69, 9.17) is 4.74 Å². The number of benzene rings is 1. The van der Waals surface area contributed by atoms with Gasteiger partial charge in [0, 0.05) is 11.3 Å². The molecule has 1 aliphatic heterocycles. The molecule has 0 aliphatic carbocycles. The highest BCUT2D eigenvalue weighted by Crippen LogP contribution is 2.35. The predicted molar refractivity (Wildman–Crippen MR) is 84.9 cm³/mol. The van der Waals surface area contributed by atoms with Crippen LogP contribution in [0, 0.1) is 0 Å². The van der Waals surface area contributed by atoms with Crippen LogP contribution in [0.2, 0.25) is 0 Å². The lowest BCUT2D eigenvalue weighted by Gasteiger charge is -2.31. The summed E-state index contributed by atoms with van der Waals surface area (Å²) in [6.45, 7) is 13.5. The van der Waals surface area contributed by atoms with Crippen LogP contribution in [0.15, 0.2) is 24.3 Å². The average Bonchev–Trinajstić information content (AvgIpc) is 2.30. The van der Waals surface area contributed by atoms with Gasteiger partial charge in [-0.1, -0.05) is 26.3 Å². The van der Waals surface area contributed by atoms with Gasteiger partial charge in [-0.3, -0.25) is 0 Å². The van der Waals surface area contributed by atoms with Gasteiger partial charge in [-0.25, -0.2) is 0 Å². The van der Waals surface area contributed by atoms with E-state index in [0.29, 0.717) is 6.61 Å². The highest BCUT2D eigenvalue weighted by Gasteiger charge is 2.22. The van der Waals surface area contributed by atoms with E-state index in [-0.39, 0.29) is 5.54 Å². The van der Waals surface area contributed by atoms with Gasteiger partial charge in [0.2, 0.25) is 0 Å². The van der Waals surface area contributed by atoms with Crippen molar-refractivity contribution in [2.24, 2.45) is 0 Å². The molecule has 0 amide bonds. The first-order chi connectivity index (χ1) is 8.93. The number of allylic oxidation sites excluding steroid dienone is 1. The van der Waals surface area contributed by atoms with E-state index in [1.54, 1.807) is 0 Å². The summed E-state index contributed by atoms with van der Waals surface area (Å²) in [4.78, 5) is 0. The molecule has 2 nitrogen and oxygen atoms in total. The molecule has 106 valence electrons. The Hall–Kier alpha value is -1.44. The number of rotatable bonds is 2. The molecule has 0 unspecified atom stereocenters. The zero-order valence-electron chi connectivity index (χ0n) is 13.1. The van der Waals surface area contributed by atoms with Crippen molar-refractivity contribution in [3.63, 3.8) is 0 Å². The molecule has 0 radical (unpaired) electrons. The third-order valence-electron chi connectivity index (χ3n) is 2.76. The molecule has 2 heteroatoms. The first-order valence-corrected chi connectivity index (χ1v) is 7.18. The van der Waals surface area contributed by atoms with Crippen molar-refractivity contribution in [1.82, 2.24) is 0 Å². The fourth-order valence-electron chi connectivity index (χ4n) is 2.22. The van der Waals surface area contributed by atoms with Crippen LogP contribution in [0.25, 0.3) is 5.57 Å². The Kier molecular flexibility index (Phi) is 5.46. The van der Waals surface area contributed by atoms with Crippen molar-refractivity contribution in [1.29, 1.82) is 0 Å². The van der Waals surface area contributed by atoms with Crippen LogP contribution >= 0.6 is 0 Å². The lowest BCUT2D eigenvalue weighted by atomic mass is 9.91. The summed E-state index contributed by atoms with van der Waals surface area (Å²) in [5.41, 5.74) is 3.77. The molecule has 0 atom stereocenters. The summed E-state index contributed by atoms with van der Waals surface area (Å²) in [6.07, 6.45) is 3.51. The van der Waals surface area contributed by atoms with Crippen LogP contribution in [0.3, 0.4) is 0 Å². The van der Waals surface area contributed by atoms with Crippen molar-refractivity contribution in [3.05, 3.63) is 29.8 Å². The highest BCUT2D eigenvalue weighted by molar-refractivity contribution is 5.80. The van der Waals surface area contributed by atoms with Gasteiger partial charge in [-0.15, -0.1) is 0 Å². The Morgan fingerprint density at radius 1 is 1.16 bits per heavy atom. The van der Waals surface area contributed by atoms with Gasteiger partial charge in [0.1, 0.15) is 5.75 Å². The number of hydrogen-bond donors (Lipinski definition) is 1. The molecule has 1 aromatic carbocycles. The average molecular weight is 261 g/mol. The second-order valence-electron chi connectivity index (χ2n) is 5.52. The molecule has 0 aromatic heterocycles. The summed E-state index contributed by atoms with van der Waals surface area (Å²) >= 11 is 0. The molecule has 1 aliphatic rings. The Bertz CT molecular complexity index is 447. The molecule has 0 saturated carbocycles. The highest BCUT2D eigenvalue weighted by atomic mass is 16.5. The Labute approximate surface area is 117 Å². The quantitative estimate of drug-likeness (QED) is 0.798. The number of fused-ring (bicyclic) bond motifs is 1. The minimum atomic E-state index is 0.0320. The molecular weight excluding hydrogens is 234 g/mol. The van der Waals surface area contributed by atoms with Crippen molar-refractivity contribution in [2.45, 2.75) is 53.5 Å². The fraction of sp³-hybridized carbons (Fsp3) is 0.529. The molecule has 0 saturated heterocycles. The normalized spacial score (nSPS) is 15.4. The zero-order chi connectivity index (χ0) is 14.5. The number of ether oxygens (including phenoxy) is 1. The SMILES string of the molecule is CCC.CCOc1ccc2c(c1)C(C)=CC(C)(C)N2. The maximum Gasteiger partial charge on any atom is 0.120 e. The number of anilines is 1. The van der Waals surface area contributed by atoms with Crippen LogP contribution in [-0.4, -0.2) is 12.1 Å². The Morgan fingerprint density at radius 2 is 1.79 bits per heavy atom. The lowest BCUT2D eigenvalue weighted by molar-refractivity contribution is 0.340. The van der Waals surface area contributed by atoms with E-state index in [1.165, 1.54) is 23.2 Å². The maximum absolute atomic E-state index is 5.52. The monoisotopic (exact) mass is 261 g/mol. The van der Waals surface area contributed by atoms with E-state index < -0.39 is 0 Å². The van der Waals surface area contributed by atoms with Crippen molar-refractivity contribution < 1.29 is 4.74 Å². The van der Waals surface area contributed by atoms with Gasteiger partial charge in [0.15, 0.2) is 0 Å². The molecule has 0 bridgehead atoms. The molecule has 1 heterocycles. The van der Waals surface area contributed by atoms with Gasteiger partial charge in [0.05, 0.1) is 12.1 Å². The van der Waals surface area contributed by atoms with Gasteiger partial charge in [-0.05, 0) is 51.5 Å². The van der Waals surface area contributed by atoms with E-state index in [0.717, 1.165) is 5.75 Å². The molecule has 1 aromatic rings. The van der Waals surface area contributed by atoms with Gasteiger partial charge >= 0.3 is 0 Å². The van der Waals surface area contributed by atoms with E-state index >= 15 is 0 Å². The Morgan fingerprint density at radius 3 is 2.37 bits per heavy atom. The van der Waals surface area contributed by atoms with E-state index in [9.17, 15) is 0 Å². The molecule has 0 spiro atoms. The smallest absolute Gasteiger partial charge is 0.120 e. The molecule has 2 rings (SSSR count). The predicted octanol–water partition coefficient (Wildman–Crippen LogP) is 5.11. The van der Waals surface area contributed by atoms with Crippen molar-refractivity contribution in [3.8, 4) is 5.75 Å². The minimum absolute atomic E-state index is 0.0320. The summed E-state index contributed by atoms with van der Waals surface area (Å²) in [7, 11) is 0. The van der Waals surface area contributed by atoms with E-state index in [2.05, 4.69) is 58.1 Å². The van der Waals surface area contributed by atoms with Gasteiger partial charge < -0.3 is 10.1 Å². The van der Waals surface area contributed by atoms with Crippen LogP contribution in [0.1, 0.15) is 53.5 Å². The fourth-order valence-corrected chi connectivity index (χ4v) is 2.22. The third kappa shape index (κ3) is 4.30. The Balaban J connectivity index is 0.000000550. The number of nitrogens with one attached hydrogen (secondary N) is 1. The summed E-state index contributed by atoms with van der Waals surface area (Å²) in [5.74, 6) is 0.940. The maximum atomic E-state index is 5.52. The second kappa shape index (κ2) is 6.65. The number of hydrogen-bond acceptors (Lipinski definition) is 2. The second-order valence-corrected chi connectivity index (χ2v) is 5.52. The van der Waals surface area contributed by atoms with Crippen molar-refractivity contribution in [2.75, 3.05) is 11.9 Å². The summed E-state index contributed by atoms with van der Waals surface area (Å²) in [6, 6.07) is 6.22. The topological polar surface area (TPSA) is 21.3 Å². The summed E-state index contributed by atoms with van der Waals surface area (Å²) in [5, 5.41) is 3.50. The van der Waals surface area contributed by atoms with Crippen molar-refractivity contribution >= 4 is 11.3 Å². The first-order valence-electron chi connectivity index (χ1n) is 7.18. The molecule has 1 N–H and O–H groups in total. The molecular formula is C17H27NO. The van der Waals surface area contributed by atoms with Gasteiger partial charge in [0.25, 0.3) is 0 Å². The lowest BCUT2D eigenvalue weighted by Crippen LogP contribution is -2.31. The standard InChI is InChI=1S/C14H19NO.C3H8/c1-5-16-11-6-7-13-12(8-11)10(2)9-14(3,4)15-13;1-3-2/h6-9,15H,5H2,1-4H3;3H2,1-2H3. The largest absolute Gasteiger partial charge is 0.494 e. The van der Waals surface area contributed by atoms with Crippen LogP contribution < -0.4 is 10.1 Å². The van der Waals surface area contributed by atoms with Crippen LogP contribution in [0.4, 0.5) is 5.69 Å². The third-order valence-corrected chi connectivity index (χ3v) is 2.76. The first kappa shape index (κ1) is 15.6. The minimum Gasteiger partial charge on any atom is -0.494 e. The molecule has 19 heavy (non-hydrogen) atoms. The van der Waals surface area contributed by atoms with E-state index in [1.807, 2.05) is 13.0 Å². The summed E-state index contributed by atoms with van der Waals surface area (Å²) < 4.78 is 5.52. The zero-order valence-corrected chi connectivity index (χ0v) is 13.1.